The van der Waals surface area contributed by atoms with Gasteiger partial charge in [-0.05, 0) is 6.42 Å². The molecule has 0 saturated heterocycles. The highest BCUT2D eigenvalue weighted by Crippen LogP contribution is 1.85. The maximum absolute atomic E-state index is 10.6. The van der Waals surface area contributed by atoms with Crippen molar-refractivity contribution in [2.75, 3.05) is 6.61 Å². The van der Waals surface area contributed by atoms with Gasteiger partial charge in [-0.1, -0.05) is 13.8 Å². The van der Waals surface area contributed by atoms with E-state index in [-0.39, 0.29) is 24.8 Å². The largest absolute Gasteiger partial charge is 0.396 e. The summed E-state index contributed by atoms with van der Waals surface area (Å²) >= 11 is 0. The third-order valence-electron chi connectivity index (χ3n) is 0.877. The van der Waals surface area contributed by atoms with E-state index in [9.17, 15) is 9.59 Å². The van der Waals surface area contributed by atoms with E-state index in [2.05, 4.69) is 5.32 Å². The minimum Gasteiger partial charge on any atom is -0.396 e. The van der Waals surface area contributed by atoms with Crippen LogP contribution in [0.3, 0.4) is 0 Å². The average Bonchev–Trinajstić information content (AvgIpc) is 2.03. The molecule has 0 spiro atoms. The summed E-state index contributed by atoms with van der Waals surface area (Å²) in [6.45, 7) is 5.25. The number of hydrogen-bond donors (Lipinski definition) is 2. The lowest BCUT2D eigenvalue weighted by atomic mass is 10.3. The number of carbonyl (C=O) groups excluding carboxylic acids is 2. The van der Waals surface area contributed by atoms with Gasteiger partial charge >= 0.3 is 0 Å². The lowest BCUT2D eigenvalue weighted by Gasteiger charge is -1.97. The minimum absolute atomic E-state index is 0.0225. The maximum atomic E-state index is 10.6. The van der Waals surface area contributed by atoms with Gasteiger partial charge in [-0.25, -0.2) is 0 Å². The molecule has 0 aliphatic heterocycles. The Morgan fingerprint density at radius 2 is 1.83 bits per heavy atom. The number of rotatable bonds is 3. The van der Waals surface area contributed by atoms with Crippen LogP contribution in [0.4, 0.5) is 0 Å². The van der Waals surface area contributed by atoms with Crippen LogP contribution in [0.25, 0.3) is 0 Å². The molecule has 0 fully saturated rings. The van der Waals surface area contributed by atoms with Crippen LogP contribution in [0.1, 0.15) is 33.6 Å². The summed E-state index contributed by atoms with van der Waals surface area (Å²) in [6.07, 6.45) is 0.606. The van der Waals surface area contributed by atoms with E-state index in [0.717, 1.165) is 0 Å². The molecule has 2 amide bonds. The van der Waals surface area contributed by atoms with Crippen LogP contribution >= 0.6 is 0 Å². The highest BCUT2D eigenvalue weighted by Gasteiger charge is 2.00. The van der Waals surface area contributed by atoms with Crippen LogP contribution < -0.4 is 5.32 Å². The molecule has 0 bridgehead atoms. The highest BCUT2D eigenvalue weighted by atomic mass is 16.3. The Hall–Kier alpha value is -0.900. The first-order valence-corrected chi connectivity index (χ1v) is 4.08. The van der Waals surface area contributed by atoms with Crippen molar-refractivity contribution in [2.45, 2.75) is 33.6 Å². The fourth-order valence-corrected chi connectivity index (χ4v) is 0.498. The van der Waals surface area contributed by atoms with Crippen LogP contribution in [-0.2, 0) is 9.59 Å². The second-order valence-electron chi connectivity index (χ2n) is 1.93. The number of nitrogens with one attached hydrogen (secondary N) is 1. The number of imide groups is 1. The summed E-state index contributed by atoms with van der Waals surface area (Å²) in [5.41, 5.74) is 0. The Balaban J connectivity index is 0. The van der Waals surface area contributed by atoms with Gasteiger partial charge in [0.15, 0.2) is 0 Å². The van der Waals surface area contributed by atoms with Gasteiger partial charge in [0.2, 0.25) is 11.8 Å². The molecule has 0 aromatic rings. The average molecular weight is 175 g/mol. The van der Waals surface area contributed by atoms with Crippen molar-refractivity contribution in [1.82, 2.24) is 5.32 Å². The second kappa shape index (κ2) is 10.1. The SMILES string of the molecule is CC.CC(=O)NC(=O)CCCO. The van der Waals surface area contributed by atoms with Crippen molar-refractivity contribution >= 4 is 11.8 Å². The van der Waals surface area contributed by atoms with Crippen LogP contribution in [0.5, 0.6) is 0 Å². The predicted molar refractivity (Wildman–Crippen MR) is 46.5 cm³/mol. The molecule has 0 aromatic carbocycles. The van der Waals surface area contributed by atoms with Gasteiger partial charge in [0, 0.05) is 20.0 Å². The Bertz CT molecular complexity index is 134. The molecule has 72 valence electrons. The Morgan fingerprint density at radius 3 is 2.17 bits per heavy atom. The molecule has 0 aliphatic carbocycles. The molecule has 0 rings (SSSR count). The van der Waals surface area contributed by atoms with Gasteiger partial charge in [0.05, 0.1) is 0 Å². The summed E-state index contributed by atoms with van der Waals surface area (Å²) in [5, 5.41) is 10.4. The molecule has 2 N–H and O–H groups in total. The van der Waals surface area contributed by atoms with Crippen LogP contribution in [0, 0.1) is 0 Å². The van der Waals surface area contributed by atoms with Gasteiger partial charge < -0.3 is 5.11 Å². The van der Waals surface area contributed by atoms with Gasteiger partial charge in [-0.3, -0.25) is 14.9 Å². The normalized spacial score (nSPS) is 8.00. The van der Waals surface area contributed by atoms with Gasteiger partial charge in [-0.2, -0.15) is 0 Å². The molecule has 0 aromatic heterocycles. The van der Waals surface area contributed by atoms with Crippen molar-refractivity contribution in [3.63, 3.8) is 0 Å². The smallest absolute Gasteiger partial charge is 0.226 e. The van der Waals surface area contributed by atoms with E-state index >= 15 is 0 Å². The molecule has 0 unspecified atom stereocenters. The molecular formula is C8H17NO3. The minimum atomic E-state index is -0.358. The molecular weight excluding hydrogens is 158 g/mol. The van der Waals surface area contributed by atoms with E-state index in [1.807, 2.05) is 13.8 Å². The first kappa shape index (κ1) is 13.7. The van der Waals surface area contributed by atoms with Crippen LogP contribution in [-0.4, -0.2) is 23.5 Å². The summed E-state index contributed by atoms with van der Waals surface area (Å²) in [4.78, 5) is 20.8. The molecule has 12 heavy (non-hydrogen) atoms. The van der Waals surface area contributed by atoms with Gasteiger partial charge in [0.25, 0.3) is 0 Å². The van der Waals surface area contributed by atoms with E-state index in [1.165, 1.54) is 6.92 Å². The standard InChI is InChI=1S/C6H11NO3.C2H6/c1-5(9)7-6(10)3-2-4-8;1-2/h8H,2-4H2,1H3,(H,7,9,10);1-2H3. The molecule has 4 nitrogen and oxygen atoms in total. The molecule has 0 saturated carbocycles. The van der Waals surface area contributed by atoms with Gasteiger partial charge in [-0.15, -0.1) is 0 Å². The molecule has 0 atom stereocenters. The third-order valence-corrected chi connectivity index (χ3v) is 0.877. The van der Waals surface area contributed by atoms with Gasteiger partial charge in [0.1, 0.15) is 0 Å². The lowest BCUT2D eigenvalue weighted by molar-refractivity contribution is -0.129. The molecule has 4 heteroatoms. The summed E-state index contributed by atoms with van der Waals surface area (Å²) in [5.74, 6) is -0.690. The maximum Gasteiger partial charge on any atom is 0.226 e. The second-order valence-corrected chi connectivity index (χ2v) is 1.93. The van der Waals surface area contributed by atoms with Crippen molar-refractivity contribution < 1.29 is 14.7 Å². The zero-order chi connectivity index (χ0) is 9.98. The molecule has 0 aliphatic rings. The Kier molecular flexibility index (Phi) is 11.5. The van der Waals surface area contributed by atoms with Crippen LogP contribution in [0.15, 0.2) is 0 Å². The van der Waals surface area contributed by atoms with Crippen molar-refractivity contribution in [1.29, 1.82) is 0 Å². The molecule has 0 radical (unpaired) electrons. The van der Waals surface area contributed by atoms with E-state index in [1.54, 1.807) is 0 Å². The lowest BCUT2D eigenvalue weighted by Crippen LogP contribution is -2.27. The topological polar surface area (TPSA) is 66.4 Å². The summed E-state index contributed by atoms with van der Waals surface area (Å²) in [7, 11) is 0. The predicted octanol–water partition coefficient (Wildman–Crippen LogP) is 0.448. The number of hydrogen-bond acceptors (Lipinski definition) is 3. The van der Waals surface area contributed by atoms with Crippen molar-refractivity contribution in [3.05, 3.63) is 0 Å². The molecule has 0 heterocycles. The number of aliphatic hydroxyl groups excluding tert-OH is 1. The number of carbonyl (C=O) groups is 2. The first-order valence-electron chi connectivity index (χ1n) is 4.08. The summed E-state index contributed by atoms with van der Waals surface area (Å²) < 4.78 is 0. The van der Waals surface area contributed by atoms with Crippen LogP contribution in [0.2, 0.25) is 0 Å². The zero-order valence-electron chi connectivity index (χ0n) is 7.89. The zero-order valence-corrected chi connectivity index (χ0v) is 7.89. The fraction of sp³-hybridized carbons (Fsp3) is 0.750. The van der Waals surface area contributed by atoms with E-state index in [4.69, 9.17) is 5.11 Å². The Labute approximate surface area is 73.0 Å². The third kappa shape index (κ3) is 11.8. The quantitative estimate of drug-likeness (QED) is 0.654. The monoisotopic (exact) mass is 175 g/mol. The Morgan fingerprint density at radius 1 is 1.33 bits per heavy atom. The number of amides is 2. The van der Waals surface area contributed by atoms with E-state index < -0.39 is 0 Å². The fourth-order valence-electron chi connectivity index (χ4n) is 0.498. The summed E-state index contributed by atoms with van der Waals surface area (Å²) in [6, 6.07) is 0. The van der Waals surface area contributed by atoms with Crippen molar-refractivity contribution in [3.8, 4) is 0 Å². The highest BCUT2D eigenvalue weighted by molar-refractivity contribution is 5.93. The number of aliphatic hydroxyl groups is 1. The van der Waals surface area contributed by atoms with Crippen molar-refractivity contribution in [2.24, 2.45) is 0 Å². The van der Waals surface area contributed by atoms with E-state index in [0.29, 0.717) is 6.42 Å². The first-order chi connectivity index (χ1) is 5.66.